The van der Waals surface area contributed by atoms with Gasteiger partial charge in [-0.25, -0.2) is 9.97 Å². The van der Waals surface area contributed by atoms with Crippen molar-refractivity contribution >= 4 is 39.0 Å². The molecule has 1 heterocycles. The number of hydrogen-bond donors (Lipinski definition) is 2. The fraction of sp³-hybridized carbons (Fsp3) is 0.214. The van der Waals surface area contributed by atoms with Gasteiger partial charge in [-0.05, 0) is 38.1 Å². The van der Waals surface area contributed by atoms with E-state index in [1.54, 1.807) is 6.07 Å². The van der Waals surface area contributed by atoms with Crippen LogP contribution in [0.4, 0.5) is 17.3 Å². The Kier molecular flexibility index (Phi) is 4.68. The molecule has 20 heavy (non-hydrogen) atoms. The van der Waals surface area contributed by atoms with Gasteiger partial charge in [0.25, 0.3) is 0 Å². The second-order valence-corrected chi connectivity index (χ2v) is 5.29. The van der Waals surface area contributed by atoms with Gasteiger partial charge in [0.1, 0.15) is 23.2 Å². The van der Waals surface area contributed by atoms with Crippen molar-refractivity contribution in [3.05, 3.63) is 40.6 Å². The van der Waals surface area contributed by atoms with Crippen LogP contribution in [0.5, 0.6) is 0 Å². The first-order valence-corrected chi connectivity index (χ1v) is 6.94. The summed E-state index contributed by atoms with van der Waals surface area (Å²) in [5.74, 6) is 2.01. The van der Waals surface area contributed by atoms with Crippen molar-refractivity contribution in [2.45, 2.75) is 13.8 Å². The van der Waals surface area contributed by atoms with Crippen LogP contribution >= 0.6 is 15.9 Å². The lowest BCUT2D eigenvalue weighted by molar-refractivity contribution is -0.115. The summed E-state index contributed by atoms with van der Waals surface area (Å²) in [4.78, 5) is 19.5. The predicted molar refractivity (Wildman–Crippen MR) is 83.4 cm³/mol. The first-order valence-electron chi connectivity index (χ1n) is 6.14. The number of Topliss-reactive ketones (excluding diaryl/α,β-unsaturated/α-hetero) is 1. The van der Waals surface area contributed by atoms with Gasteiger partial charge in [0.15, 0.2) is 0 Å². The monoisotopic (exact) mass is 334 g/mol. The first kappa shape index (κ1) is 14.5. The van der Waals surface area contributed by atoms with Crippen LogP contribution in [0.3, 0.4) is 0 Å². The van der Waals surface area contributed by atoms with E-state index < -0.39 is 0 Å². The normalized spacial score (nSPS) is 10.2. The van der Waals surface area contributed by atoms with E-state index in [0.29, 0.717) is 17.5 Å². The van der Waals surface area contributed by atoms with Crippen molar-refractivity contribution in [1.29, 1.82) is 0 Å². The van der Waals surface area contributed by atoms with Crippen molar-refractivity contribution in [2.75, 3.05) is 17.2 Å². The highest BCUT2D eigenvalue weighted by Crippen LogP contribution is 2.19. The molecule has 0 spiro atoms. The second-order valence-electron chi connectivity index (χ2n) is 4.37. The number of carbonyl (C=O) groups excluding carboxylic acids is 1. The third-order valence-electron chi connectivity index (χ3n) is 2.47. The highest BCUT2D eigenvalue weighted by Gasteiger charge is 2.03. The van der Waals surface area contributed by atoms with E-state index in [9.17, 15) is 4.79 Å². The minimum atomic E-state index is 0.0590. The number of nitrogens with one attached hydrogen (secondary N) is 2. The van der Waals surface area contributed by atoms with Crippen LogP contribution in [-0.4, -0.2) is 22.3 Å². The highest BCUT2D eigenvalue weighted by atomic mass is 79.9. The van der Waals surface area contributed by atoms with E-state index in [2.05, 4.69) is 36.5 Å². The quantitative estimate of drug-likeness (QED) is 0.878. The van der Waals surface area contributed by atoms with Crippen LogP contribution in [0.25, 0.3) is 0 Å². The summed E-state index contributed by atoms with van der Waals surface area (Å²) >= 11 is 3.39. The number of aryl methyl sites for hydroxylation is 1. The zero-order valence-electron chi connectivity index (χ0n) is 11.3. The van der Waals surface area contributed by atoms with Gasteiger partial charge in [-0.15, -0.1) is 0 Å². The molecule has 2 rings (SSSR count). The molecule has 0 saturated carbocycles. The molecule has 0 aliphatic rings. The van der Waals surface area contributed by atoms with Crippen molar-refractivity contribution in [2.24, 2.45) is 0 Å². The van der Waals surface area contributed by atoms with Crippen LogP contribution in [0.15, 0.2) is 34.8 Å². The summed E-state index contributed by atoms with van der Waals surface area (Å²) in [6, 6.07) is 9.57. The van der Waals surface area contributed by atoms with Gasteiger partial charge < -0.3 is 10.6 Å². The summed E-state index contributed by atoms with van der Waals surface area (Å²) < 4.78 is 1.02. The molecule has 0 unspecified atom stereocenters. The number of rotatable bonds is 5. The van der Waals surface area contributed by atoms with Crippen LogP contribution < -0.4 is 10.6 Å². The third kappa shape index (κ3) is 4.31. The standard InChI is InChI=1S/C14H15BrN4O/c1-9(20)8-16-13-7-14(18-10(2)17-13)19-12-5-3-11(15)4-6-12/h3-7H,8H2,1-2H3,(H2,16,17,18,19). The fourth-order valence-corrected chi connectivity index (χ4v) is 1.88. The van der Waals surface area contributed by atoms with E-state index in [0.717, 1.165) is 10.2 Å². The lowest BCUT2D eigenvalue weighted by Gasteiger charge is -2.09. The zero-order chi connectivity index (χ0) is 14.5. The molecule has 0 saturated heterocycles. The topological polar surface area (TPSA) is 66.9 Å². The Balaban J connectivity index is 2.14. The lowest BCUT2D eigenvalue weighted by Crippen LogP contribution is -2.12. The number of hydrogen-bond acceptors (Lipinski definition) is 5. The number of aromatic nitrogens is 2. The molecule has 2 N–H and O–H groups in total. The van der Waals surface area contributed by atoms with E-state index in [-0.39, 0.29) is 12.3 Å². The van der Waals surface area contributed by atoms with Gasteiger partial charge in [0.2, 0.25) is 0 Å². The van der Waals surface area contributed by atoms with Crippen molar-refractivity contribution < 1.29 is 4.79 Å². The summed E-state index contributed by atoms with van der Waals surface area (Å²) in [6.45, 7) is 3.60. The average molecular weight is 335 g/mol. The molecule has 1 aromatic carbocycles. The number of ketones is 1. The summed E-state index contributed by atoms with van der Waals surface area (Å²) in [6.07, 6.45) is 0. The molecule has 0 radical (unpaired) electrons. The van der Waals surface area contributed by atoms with Crippen molar-refractivity contribution in [3.8, 4) is 0 Å². The molecular formula is C14H15BrN4O. The Labute approximate surface area is 126 Å². The van der Waals surface area contributed by atoms with Gasteiger partial charge in [-0.1, -0.05) is 15.9 Å². The van der Waals surface area contributed by atoms with Gasteiger partial charge >= 0.3 is 0 Å². The third-order valence-corrected chi connectivity index (χ3v) is 3.00. The Morgan fingerprint density at radius 3 is 2.50 bits per heavy atom. The van der Waals surface area contributed by atoms with Gasteiger partial charge in [-0.2, -0.15) is 0 Å². The fourth-order valence-electron chi connectivity index (χ4n) is 1.62. The van der Waals surface area contributed by atoms with Gasteiger partial charge in [0.05, 0.1) is 6.54 Å². The van der Waals surface area contributed by atoms with Gasteiger partial charge in [0, 0.05) is 16.2 Å². The number of halogens is 1. The molecule has 5 nitrogen and oxygen atoms in total. The maximum atomic E-state index is 11.0. The molecule has 0 amide bonds. The molecule has 6 heteroatoms. The Morgan fingerprint density at radius 2 is 1.85 bits per heavy atom. The summed E-state index contributed by atoms with van der Waals surface area (Å²) in [5, 5.41) is 6.18. The molecule has 2 aromatic rings. The minimum Gasteiger partial charge on any atom is -0.363 e. The smallest absolute Gasteiger partial charge is 0.148 e. The molecular weight excluding hydrogens is 320 g/mol. The highest BCUT2D eigenvalue weighted by molar-refractivity contribution is 9.10. The van der Waals surface area contributed by atoms with Crippen LogP contribution in [0.2, 0.25) is 0 Å². The summed E-state index contributed by atoms with van der Waals surface area (Å²) in [7, 11) is 0. The lowest BCUT2D eigenvalue weighted by atomic mass is 10.3. The van der Waals surface area contributed by atoms with Crippen LogP contribution in [-0.2, 0) is 4.79 Å². The Bertz CT molecular complexity index is 613. The molecule has 1 aromatic heterocycles. The number of anilines is 3. The molecule has 0 bridgehead atoms. The van der Waals surface area contributed by atoms with Crippen molar-refractivity contribution in [1.82, 2.24) is 9.97 Å². The number of carbonyl (C=O) groups is 1. The van der Waals surface area contributed by atoms with Crippen LogP contribution in [0, 0.1) is 6.92 Å². The SMILES string of the molecule is CC(=O)CNc1cc(Nc2ccc(Br)cc2)nc(C)n1. The molecule has 0 atom stereocenters. The Hall–Kier alpha value is -1.95. The molecule has 0 aliphatic carbocycles. The van der Waals surface area contributed by atoms with E-state index in [1.165, 1.54) is 6.92 Å². The van der Waals surface area contributed by atoms with Crippen LogP contribution in [0.1, 0.15) is 12.7 Å². The summed E-state index contributed by atoms with van der Waals surface area (Å²) in [5.41, 5.74) is 0.934. The van der Waals surface area contributed by atoms with E-state index in [4.69, 9.17) is 0 Å². The van der Waals surface area contributed by atoms with Crippen molar-refractivity contribution in [3.63, 3.8) is 0 Å². The second kappa shape index (κ2) is 6.47. The minimum absolute atomic E-state index is 0.0590. The molecule has 0 fully saturated rings. The predicted octanol–water partition coefficient (Wildman–Crippen LogP) is 3.29. The first-order chi connectivity index (χ1) is 9.52. The molecule has 0 aliphatic heterocycles. The maximum absolute atomic E-state index is 11.0. The Morgan fingerprint density at radius 1 is 1.20 bits per heavy atom. The van der Waals surface area contributed by atoms with E-state index >= 15 is 0 Å². The van der Waals surface area contributed by atoms with E-state index in [1.807, 2.05) is 31.2 Å². The number of nitrogens with zero attached hydrogens (tertiary/aromatic N) is 2. The number of benzene rings is 1. The molecule has 104 valence electrons. The average Bonchev–Trinajstić information content (AvgIpc) is 2.38. The maximum Gasteiger partial charge on any atom is 0.148 e. The van der Waals surface area contributed by atoms with Gasteiger partial charge in [-0.3, -0.25) is 4.79 Å². The zero-order valence-corrected chi connectivity index (χ0v) is 12.9. The largest absolute Gasteiger partial charge is 0.363 e.